The minimum Gasteiger partial charge on any atom is -0.291 e. The Morgan fingerprint density at radius 3 is 2.80 bits per heavy atom. The summed E-state index contributed by atoms with van der Waals surface area (Å²) in [6, 6.07) is 7.82. The van der Waals surface area contributed by atoms with Gasteiger partial charge in [0.1, 0.15) is 0 Å². The predicted octanol–water partition coefficient (Wildman–Crippen LogP) is 2.44. The molecule has 4 nitrogen and oxygen atoms in total. The summed E-state index contributed by atoms with van der Waals surface area (Å²) in [6.45, 7) is 3.74. The number of hydrogen-bond donors (Lipinski definition) is 0. The highest BCUT2D eigenvalue weighted by Crippen LogP contribution is 2.30. The molecule has 2 heterocycles. The summed E-state index contributed by atoms with van der Waals surface area (Å²) in [5.41, 5.74) is 1.31. The van der Waals surface area contributed by atoms with Gasteiger partial charge in [-0.05, 0) is 31.4 Å². The molecule has 106 valence electrons. The van der Waals surface area contributed by atoms with Gasteiger partial charge in [-0.25, -0.2) is 0 Å². The zero-order valence-electron chi connectivity index (χ0n) is 11.8. The van der Waals surface area contributed by atoms with Crippen molar-refractivity contribution in [2.24, 2.45) is 0 Å². The number of likely N-dealkylation sites (tertiary alicyclic amines) is 1. The highest BCUT2D eigenvalue weighted by Gasteiger charge is 2.37. The molecule has 0 spiro atoms. The lowest BCUT2D eigenvalue weighted by atomic mass is 10.0. The van der Waals surface area contributed by atoms with Gasteiger partial charge in [0, 0.05) is 12.6 Å². The molecule has 1 fully saturated rings. The third-order valence-electron chi connectivity index (χ3n) is 4.42. The maximum atomic E-state index is 12.2. The van der Waals surface area contributed by atoms with Crippen LogP contribution in [-0.2, 0) is 4.79 Å². The molecular weight excluding hydrogens is 252 g/mol. The van der Waals surface area contributed by atoms with Crippen LogP contribution in [0.3, 0.4) is 0 Å². The fourth-order valence-corrected chi connectivity index (χ4v) is 3.28. The van der Waals surface area contributed by atoms with Crippen LogP contribution in [0.15, 0.2) is 24.3 Å². The van der Waals surface area contributed by atoms with Crippen LogP contribution in [0.25, 0.3) is 0 Å². The number of anilines is 1. The smallest absolute Gasteiger partial charge is 0.291 e. The average Bonchev–Trinajstić information content (AvgIpc) is 2.73. The number of nitrogens with zero attached hydrogens (tertiary/aromatic N) is 2. The van der Waals surface area contributed by atoms with E-state index in [4.69, 9.17) is 0 Å². The quantitative estimate of drug-likeness (QED) is 0.794. The molecular formula is C16H20N2O2. The van der Waals surface area contributed by atoms with E-state index in [-0.39, 0.29) is 11.7 Å². The van der Waals surface area contributed by atoms with Crippen molar-refractivity contribution in [2.45, 2.75) is 38.6 Å². The summed E-state index contributed by atoms with van der Waals surface area (Å²) < 4.78 is 0. The Labute approximate surface area is 119 Å². The molecule has 2 aliphatic rings. The minimum atomic E-state index is -0.383. The van der Waals surface area contributed by atoms with Crippen molar-refractivity contribution in [3.05, 3.63) is 29.8 Å². The third-order valence-corrected chi connectivity index (χ3v) is 4.42. The van der Waals surface area contributed by atoms with E-state index in [1.807, 2.05) is 18.2 Å². The lowest BCUT2D eigenvalue weighted by Crippen LogP contribution is -2.47. The van der Waals surface area contributed by atoms with Gasteiger partial charge >= 0.3 is 5.91 Å². The maximum Gasteiger partial charge on any atom is 0.300 e. The predicted molar refractivity (Wildman–Crippen MR) is 77.8 cm³/mol. The number of carbonyl (C=O) groups excluding carboxylic acids is 2. The van der Waals surface area contributed by atoms with Gasteiger partial charge in [0.05, 0.1) is 17.9 Å². The molecule has 0 bridgehead atoms. The molecule has 0 aromatic heterocycles. The number of Topliss-reactive ketones (excluding diaryl/α,β-unsaturated/α-hetero) is 1. The maximum absolute atomic E-state index is 12.2. The molecule has 20 heavy (non-hydrogen) atoms. The van der Waals surface area contributed by atoms with Gasteiger partial charge in [-0.2, -0.15) is 0 Å². The number of para-hydroxylation sites is 1. The fourth-order valence-electron chi connectivity index (χ4n) is 3.28. The first kappa shape index (κ1) is 13.3. The lowest BCUT2D eigenvalue weighted by molar-refractivity contribution is -0.114. The van der Waals surface area contributed by atoms with Crippen molar-refractivity contribution >= 4 is 17.4 Å². The van der Waals surface area contributed by atoms with Gasteiger partial charge < -0.3 is 0 Å². The van der Waals surface area contributed by atoms with Gasteiger partial charge in [0.2, 0.25) is 0 Å². The highest BCUT2D eigenvalue weighted by molar-refractivity contribution is 6.52. The van der Waals surface area contributed by atoms with Crippen LogP contribution in [0.5, 0.6) is 0 Å². The average molecular weight is 272 g/mol. The first-order chi connectivity index (χ1) is 9.72. The third kappa shape index (κ3) is 2.14. The molecule has 0 aliphatic carbocycles. The summed E-state index contributed by atoms with van der Waals surface area (Å²) >= 11 is 0. The van der Waals surface area contributed by atoms with Crippen molar-refractivity contribution in [3.8, 4) is 0 Å². The first-order valence-electron chi connectivity index (χ1n) is 7.41. The van der Waals surface area contributed by atoms with E-state index in [1.54, 1.807) is 11.0 Å². The number of fused-ring (bicyclic) bond motifs is 1. The van der Waals surface area contributed by atoms with Crippen molar-refractivity contribution in [2.75, 3.05) is 18.1 Å². The van der Waals surface area contributed by atoms with Crippen LogP contribution < -0.4 is 4.90 Å². The molecule has 1 saturated heterocycles. The summed E-state index contributed by atoms with van der Waals surface area (Å²) in [7, 11) is 0. The van der Waals surface area contributed by atoms with Crippen LogP contribution in [0.4, 0.5) is 5.69 Å². The Kier molecular flexibility index (Phi) is 3.57. The van der Waals surface area contributed by atoms with Gasteiger partial charge in [-0.1, -0.05) is 25.5 Å². The van der Waals surface area contributed by atoms with Gasteiger partial charge in [0.25, 0.3) is 5.78 Å². The Morgan fingerprint density at radius 1 is 1.20 bits per heavy atom. The Morgan fingerprint density at radius 2 is 2.00 bits per heavy atom. The van der Waals surface area contributed by atoms with Crippen molar-refractivity contribution < 1.29 is 9.59 Å². The SMILES string of the molecule is CC[C@H]1CCCCN1CN1C(=O)C(=O)c2ccccc21. The summed E-state index contributed by atoms with van der Waals surface area (Å²) in [5.74, 6) is -0.753. The second-order valence-corrected chi connectivity index (χ2v) is 5.59. The molecule has 0 saturated carbocycles. The second-order valence-electron chi connectivity index (χ2n) is 5.59. The van der Waals surface area contributed by atoms with Crippen molar-refractivity contribution in [3.63, 3.8) is 0 Å². The number of amides is 1. The van der Waals surface area contributed by atoms with E-state index in [2.05, 4.69) is 11.8 Å². The number of hydrogen-bond acceptors (Lipinski definition) is 3. The van der Waals surface area contributed by atoms with Crippen LogP contribution >= 0.6 is 0 Å². The molecule has 1 amide bonds. The standard InChI is InChI=1S/C16H20N2O2/c1-2-12-7-5-6-10-17(12)11-18-14-9-4-3-8-13(14)15(19)16(18)20/h3-4,8-9,12H,2,5-7,10-11H2,1H3/t12-/m0/s1. The largest absolute Gasteiger partial charge is 0.300 e. The van der Waals surface area contributed by atoms with E-state index in [0.29, 0.717) is 18.3 Å². The molecule has 0 radical (unpaired) electrons. The minimum absolute atomic E-state index is 0.370. The topological polar surface area (TPSA) is 40.6 Å². The number of carbonyl (C=O) groups is 2. The number of piperidine rings is 1. The van der Waals surface area contributed by atoms with Crippen molar-refractivity contribution in [1.82, 2.24) is 4.90 Å². The lowest BCUT2D eigenvalue weighted by Gasteiger charge is -2.37. The summed E-state index contributed by atoms with van der Waals surface area (Å²) in [6.07, 6.45) is 4.72. The Balaban J connectivity index is 1.84. The number of benzene rings is 1. The molecule has 1 atom stereocenters. The Hall–Kier alpha value is -1.68. The van der Waals surface area contributed by atoms with E-state index >= 15 is 0 Å². The zero-order valence-corrected chi connectivity index (χ0v) is 11.8. The van der Waals surface area contributed by atoms with Gasteiger partial charge in [-0.3, -0.25) is 19.4 Å². The van der Waals surface area contributed by atoms with E-state index < -0.39 is 0 Å². The van der Waals surface area contributed by atoms with Crippen LogP contribution in [0.1, 0.15) is 43.0 Å². The molecule has 1 aromatic rings. The number of ketones is 1. The molecule has 0 unspecified atom stereocenters. The summed E-state index contributed by atoms with van der Waals surface area (Å²) in [4.78, 5) is 28.2. The Bertz CT molecular complexity index is 541. The van der Waals surface area contributed by atoms with Crippen LogP contribution in [0, 0.1) is 0 Å². The monoisotopic (exact) mass is 272 g/mol. The molecule has 3 rings (SSSR count). The van der Waals surface area contributed by atoms with Crippen LogP contribution in [-0.4, -0.2) is 35.8 Å². The normalized spacial score (nSPS) is 23.2. The van der Waals surface area contributed by atoms with Crippen molar-refractivity contribution in [1.29, 1.82) is 0 Å². The fraction of sp³-hybridized carbons (Fsp3) is 0.500. The highest BCUT2D eigenvalue weighted by atomic mass is 16.2. The zero-order chi connectivity index (χ0) is 14.1. The van der Waals surface area contributed by atoms with E-state index in [1.165, 1.54) is 19.3 Å². The number of rotatable bonds is 3. The van der Waals surface area contributed by atoms with E-state index in [9.17, 15) is 9.59 Å². The molecule has 4 heteroatoms. The molecule has 2 aliphatic heterocycles. The summed E-state index contributed by atoms with van der Waals surface area (Å²) in [5, 5.41) is 0. The molecule has 0 N–H and O–H groups in total. The van der Waals surface area contributed by atoms with E-state index in [0.717, 1.165) is 18.7 Å². The first-order valence-corrected chi connectivity index (χ1v) is 7.41. The molecule has 1 aromatic carbocycles. The second kappa shape index (κ2) is 5.37. The van der Waals surface area contributed by atoms with Gasteiger partial charge in [0.15, 0.2) is 0 Å². The van der Waals surface area contributed by atoms with Gasteiger partial charge in [-0.15, -0.1) is 0 Å². The van der Waals surface area contributed by atoms with Crippen LogP contribution in [0.2, 0.25) is 0 Å².